The van der Waals surface area contributed by atoms with E-state index in [9.17, 15) is 0 Å². The van der Waals surface area contributed by atoms with Crippen LogP contribution >= 0.6 is 0 Å². The maximum absolute atomic E-state index is 5.74. The van der Waals surface area contributed by atoms with E-state index in [0.717, 1.165) is 26.2 Å². The summed E-state index contributed by atoms with van der Waals surface area (Å²) in [7, 11) is 0. The van der Waals surface area contributed by atoms with Crippen LogP contribution in [0.4, 0.5) is 0 Å². The molecule has 18 heavy (non-hydrogen) atoms. The standard InChI is InChI=1S/C15H22N2O/c1-12-14(7-10-18-12)17-9-8-16-11-15(17)13-5-3-2-4-6-13/h2-6,12,14-16H,7-11H2,1H3. The minimum absolute atomic E-state index is 0.370. The molecule has 3 atom stereocenters. The molecule has 2 heterocycles. The van der Waals surface area contributed by atoms with E-state index in [1.54, 1.807) is 0 Å². The summed E-state index contributed by atoms with van der Waals surface area (Å²) in [5, 5.41) is 3.52. The molecule has 3 unspecified atom stereocenters. The quantitative estimate of drug-likeness (QED) is 0.861. The molecule has 0 aliphatic carbocycles. The molecule has 3 rings (SSSR count). The van der Waals surface area contributed by atoms with Gasteiger partial charge in [0.2, 0.25) is 0 Å². The summed E-state index contributed by atoms with van der Waals surface area (Å²) < 4.78 is 5.74. The molecule has 2 fully saturated rings. The fraction of sp³-hybridized carbons (Fsp3) is 0.600. The molecule has 0 amide bonds. The molecule has 0 spiro atoms. The van der Waals surface area contributed by atoms with Crippen molar-refractivity contribution in [1.82, 2.24) is 10.2 Å². The van der Waals surface area contributed by atoms with Crippen LogP contribution in [-0.2, 0) is 4.74 Å². The van der Waals surface area contributed by atoms with Crippen molar-refractivity contribution in [2.24, 2.45) is 0 Å². The Kier molecular flexibility index (Phi) is 3.64. The second-order valence-electron chi connectivity index (χ2n) is 5.30. The lowest BCUT2D eigenvalue weighted by atomic mass is 9.99. The molecule has 1 aromatic carbocycles. The van der Waals surface area contributed by atoms with E-state index >= 15 is 0 Å². The predicted molar refractivity (Wildman–Crippen MR) is 72.6 cm³/mol. The van der Waals surface area contributed by atoms with Crippen LogP contribution in [-0.4, -0.2) is 43.3 Å². The molecule has 98 valence electrons. The summed E-state index contributed by atoms with van der Waals surface area (Å²) in [6, 6.07) is 11.9. The Hall–Kier alpha value is -0.900. The van der Waals surface area contributed by atoms with Crippen molar-refractivity contribution in [3.8, 4) is 0 Å². The third-order valence-electron chi connectivity index (χ3n) is 4.23. The van der Waals surface area contributed by atoms with Gasteiger partial charge in [-0.05, 0) is 18.9 Å². The van der Waals surface area contributed by atoms with E-state index in [1.165, 1.54) is 12.0 Å². The van der Waals surface area contributed by atoms with E-state index in [0.29, 0.717) is 18.2 Å². The number of piperazine rings is 1. The molecule has 0 aromatic heterocycles. The molecule has 0 radical (unpaired) electrons. The smallest absolute Gasteiger partial charge is 0.0703 e. The lowest BCUT2D eigenvalue weighted by Gasteiger charge is -2.41. The van der Waals surface area contributed by atoms with Gasteiger partial charge in [0, 0.05) is 38.3 Å². The van der Waals surface area contributed by atoms with Gasteiger partial charge in [-0.25, -0.2) is 0 Å². The van der Waals surface area contributed by atoms with Crippen LogP contribution in [0.15, 0.2) is 30.3 Å². The molecule has 2 aliphatic heterocycles. The lowest BCUT2D eigenvalue weighted by molar-refractivity contribution is 0.0424. The predicted octanol–water partition coefficient (Wildman–Crippen LogP) is 1.81. The highest BCUT2D eigenvalue weighted by Gasteiger charge is 2.35. The van der Waals surface area contributed by atoms with Gasteiger partial charge in [0.15, 0.2) is 0 Å². The van der Waals surface area contributed by atoms with Crippen LogP contribution in [0.1, 0.15) is 24.9 Å². The first-order valence-electron chi connectivity index (χ1n) is 6.99. The molecule has 0 bridgehead atoms. The highest BCUT2D eigenvalue weighted by molar-refractivity contribution is 5.20. The van der Waals surface area contributed by atoms with Gasteiger partial charge in [0.1, 0.15) is 0 Å². The Morgan fingerprint density at radius 3 is 2.83 bits per heavy atom. The number of hydrogen-bond donors (Lipinski definition) is 1. The summed E-state index contributed by atoms with van der Waals surface area (Å²) in [6.07, 6.45) is 1.54. The number of ether oxygens (including phenoxy) is 1. The highest BCUT2D eigenvalue weighted by atomic mass is 16.5. The summed E-state index contributed by atoms with van der Waals surface area (Å²) in [4.78, 5) is 2.64. The minimum atomic E-state index is 0.370. The second kappa shape index (κ2) is 5.39. The summed E-state index contributed by atoms with van der Waals surface area (Å²) in [5.41, 5.74) is 1.42. The number of rotatable bonds is 2. The summed E-state index contributed by atoms with van der Waals surface area (Å²) in [6.45, 7) is 6.39. The molecule has 3 heteroatoms. The average Bonchev–Trinajstić information content (AvgIpc) is 2.86. The van der Waals surface area contributed by atoms with Crippen molar-refractivity contribution in [1.29, 1.82) is 0 Å². The Balaban J connectivity index is 1.82. The largest absolute Gasteiger partial charge is 0.377 e. The van der Waals surface area contributed by atoms with Crippen molar-refractivity contribution < 1.29 is 4.74 Å². The molecular formula is C15H22N2O. The van der Waals surface area contributed by atoms with Gasteiger partial charge in [0.25, 0.3) is 0 Å². The molecule has 2 saturated heterocycles. The van der Waals surface area contributed by atoms with Gasteiger partial charge in [-0.1, -0.05) is 30.3 Å². The van der Waals surface area contributed by atoms with Crippen LogP contribution in [0.2, 0.25) is 0 Å². The summed E-state index contributed by atoms with van der Waals surface area (Å²) >= 11 is 0. The molecule has 1 aromatic rings. The minimum Gasteiger partial charge on any atom is -0.377 e. The monoisotopic (exact) mass is 246 g/mol. The van der Waals surface area contributed by atoms with Gasteiger partial charge in [-0.3, -0.25) is 4.90 Å². The van der Waals surface area contributed by atoms with Gasteiger partial charge in [-0.15, -0.1) is 0 Å². The van der Waals surface area contributed by atoms with Gasteiger partial charge in [-0.2, -0.15) is 0 Å². The average molecular weight is 246 g/mol. The first-order chi connectivity index (χ1) is 8.86. The van der Waals surface area contributed by atoms with E-state index in [1.807, 2.05) is 0 Å². The summed E-state index contributed by atoms with van der Waals surface area (Å²) in [5.74, 6) is 0. The molecule has 3 nitrogen and oxygen atoms in total. The van der Waals surface area contributed by atoms with Crippen molar-refractivity contribution in [2.45, 2.75) is 31.5 Å². The molecule has 0 saturated carbocycles. The maximum atomic E-state index is 5.74. The van der Waals surface area contributed by atoms with Gasteiger partial charge >= 0.3 is 0 Å². The van der Waals surface area contributed by atoms with E-state index in [4.69, 9.17) is 4.74 Å². The maximum Gasteiger partial charge on any atom is 0.0703 e. The van der Waals surface area contributed by atoms with E-state index in [-0.39, 0.29) is 0 Å². The zero-order valence-corrected chi connectivity index (χ0v) is 11.0. The molecule has 1 N–H and O–H groups in total. The van der Waals surface area contributed by atoms with Gasteiger partial charge in [0.05, 0.1) is 6.10 Å². The Morgan fingerprint density at radius 2 is 2.11 bits per heavy atom. The van der Waals surface area contributed by atoms with Crippen LogP contribution in [0, 0.1) is 0 Å². The van der Waals surface area contributed by atoms with Crippen molar-refractivity contribution in [3.05, 3.63) is 35.9 Å². The zero-order valence-electron chi connectivity index (χ0n) is 11.0. The van der Waals surface area contributed by atoms with E-state index < -0.39 is 0 Å². The fourth-order valence-corrected chi connectivity index (χ4v) is 3.26. The number of hydrogen-bond acceptors (Lipinski definition) is 3. The zero-order chi connectivity index (χ0) is 12.4. The van der Waals surface area contributed by atoms with Gasteiger partial charge < -0.3 is 10.1 Å². The number of benzene rings is 1. The van der Waals surface area contributed by atoms with Crippen LogP contribution in [0.3, 0.4) is 0 Å². The Morgan fingerprint density at radius 1 is 1.28 bits per heavy atom. The van der Waals surface area contributed by atoms with Crippen molar-refractivity contribution in [2.75, 3.05) is 26.2 Å². The fourth-order valence-electron chi connectivity index (χ4n) is 3.26. The topological polar surface area (TPSA) is 24.5 Å². The van der Waals surface area contributed by atoms with Crippen LogP contribution < -0.4 is 5.32 Å². The Labute approximate surface area is 109 Å². The van der Waals surface area contributed by atoms with Crippen LogP contribution in [0.25, 0.3) is 0 Å². The normalized spacial score (nSPS) is 33.7. The first kappa shape index (κ1) is 12.2. The third-order valence-corrected chi connectivity index (χ3v) is 4.23. The second-order valence-corrected chi connectivity index (χ2v) is 5.30. The number of nitrogens with zero attached hydrogens (tertiary/aromatic N) is 1. The van der Waals surface area contributed by atoms with E-state index in [2.05, 4.69) is 47.5 Å². The van der Waals surface area contributed by atoms with Crippen molar-refractivity contribution >= 4 is 0 Å². The third kappa shape index (κ3) is 2.30. The Bertz CT molecular complexity index is 381. The lowest BCUT2D eigenvalue weighted by Crippen LogP contribution is -2.52. The van der Waals surface area contributed by atoms with Crippen molar-refractivity contribution in [3.63, 3.8) is 0 Å². The molecule has 2 aliphatic rings. The number of nitrogens with one attached hydrogen (secondary N) is 1. The first-order valence-corrected chi connectivity index (χ1v) is 6.99. The van der Waals surface area contributed by atoms with Crippen LogP contribution in [0.5, 0.6) is 0 Å². The SMILES string of the molecule is CC1OCCC1N1CCNCC1c1ccccc1. The highest BCUT2D eigenvalue weighted by Crippen LogP contribution is 2.29. The molecular weight excluding hydrogens is 224 g/mol.